The molecule has 1 aliphatic rings. The highest BCUT2D eigenvalue weighted by Crippen LogP contribution is 2.30. The minimum absolute atomic E-state index is 0.175. The number of anilines is 1. The van der Waals surface area contributed by atoms with Gasteiger partial charge in [-0.05, 0) is 36.2 Å². The summed E-state index contributed by atoms with van der Waals surface area (Å²) in [5, 5.41) is 13.7. The first-order valence-corrected chi connectivity index (χ1v) is 11.0. The Morgan fingerprint density at radius 2 is 1.94 bits per heavy atom. The minimum atomic E-state index is -0.694. The number of nitrogens with zero attached hydrogens (tertiary/aromatic N) is 3. The Bertz CT molecular complexity index is 1250. The van der Waals surface area contributed by atoms with E-state index < -0.39 is 17.2 Å². The molecule has 0 aliphatic carbocycles. The van der Waals surface area contributed by atoms with Crippen LogP contribution in [0.25, 0.3) is 11.4 Å². The summed E-state index contributed by atoms with van der Waals surface area (Å²) in [5.74, 6) is -1.04. The third-order valence-electron chi connectivity index (χ3n) is 5.67. The van der Waals surface area contributed by atoms with Gasteiger partial charge in [-0.1, -0.05) is 35.9 Å². The molecule has 1 fully saturated rings. The highest BCUT2D eigenvalue weighted by molar-refractivity contribution is 6.31. The molecule has 2 aromatic carbocycles. The van der Waals surface area contributed by atoms with Crippen LogP contribution in [0.2, 0.25) is 5.02 Å². The lowest BCUT2D eigenvalue weighted by molar-refractivity contribution is 0.0942. The number of aromatic nitrogens is 2. The van der Waals surface area contributed by atoms with Gasteiger partial charge in [0.1, 0.15) is 5.82 Å². The molecule has 0 radical (unpaired) electrons. The van der Waals surface area contributed by atoms with E-state index in [0.29, 0.717) is 42.7 Å². The number of morpholine rings is 1. The van der Waals surface area contributed by atoms with Crippen LogP contribution in [0, 0.1) is 6.92 Å². The second-order valence-corrected chi connectivity index (χ2v) is 8.29. The predicted molar refractivity (Wildman–Crippen MR) is 127 cm³/mol. The lowest BCUT2D eigenvalue weighted by atomic mass is 10.1. The molecule has 9 heteroatoms. The Balaban J connectivity index is 1.68. The first-order valence-electron chi connectivity index (χ1n) is 10.6. The first kappa shape index (κ1) is 22.8. The maximum absolute atomic E-state index is 12.9. The first-order chi connectivity index (χ1) is 15.9. The van der Waals surface area contributed by atoms with Gasteiger partial charge in [0.05, 0.1) is 13.2 Å². The number of rotatable bonds is 5. The average molecular weight is 469 g/mol. The fourth-order valence-electron chi connectivity index (χ4n) is 3.74. The summed E-state index contributed by atoms with van der Waals surface area (Å²) in [5.41, 5.74) is 2.29. The number of aryl methyl sites for hydroxylation is 1. The molecule has 3 aromatic rings. The number of carbonyl (C=O) groups excluding carboxylic acids is 1. The number of benzene rings is 2. The van der Waals surface area contributed by atoms with Gasteiger partial charge in [-0.25, -0.2) is 4.98 Å². The summed E-state index contributed by atoms with van der Waals surface area (Å²) in [6, 6.07) is 13.0. The van der Waals surface area contributed by atoms with Crippen LogP contribution in [0.5, 0.6) is 5.75 Å². The number of nitrogens with one attached hydrogen (secondary N) is 1. The number of carbonyl (C=O) groups is 1. The van der Waals surface area contributed by atoms with E-state index in [0.717, 1.165) is 16.8 Å². The fraction of sp³-hybridized carbons (Fsp3) is 0.292. The SMILES string of the molecule is Cc1ccc(CNC(=O)c2nc(-c3ccccc3N3CCOCC3)n(C)c(=O)c2O)cc1Cl. The van der Waals surface area contributed by atoms with E-state index in [1.807, 2.05) is 43.3 Å². The van der Waals surface area contributed by atoms with Crippen molar-refractivity contribution in [3.05, 3.63) is 74.7 Å². The van der Waals surface area contributed by atoms with E-state index in [4.69, 9.17) is 16.3 Å². The Morgan fingerprint density at radius 3 is 2.67 bits per heavy atom. The minimum Gasteiger partial charge on any atom is -0.501 e. The summed E-state index contributed by atoms with van der Waals surface area (Å²) in [6.45, 7) is 4.68. The third kappa shape index (κ3) is 4.72. The zero-order valence-electron chi connectivity index (χ0n) is 18.5. The number of aromatic hydroxyl groups is 1. The Labute approximate surface area is 196 Å². The summed E-state index contributed by atoms with van der Waals surface area (Å²) < 4.78 is 6.70. The number of amides is 1. The van der Waals surface area contributed by atoms with Gasteiger partial charge < -0.3 is 20.1 Å². The van der Waals surface area contributed by atoms with Crippen molar-refractivity contribution in [1.29, 1.82) is 0 Å². The fourth-order valence-corrected chi connectivity index (χ4v) is 3.95. The van der Waals surface area contributed by atoms with Crippen LogP contribution >= 0.6 is 11.6 Å². The zero-order valence-corrected chi connectivity index (χ0v) is 19.2. The zero-order chi connectivity index (χ0) is 23.5. The normalized spacial score (nSPS) is 13.7. The summed E-state index contributed by atoms with van der Waals surface area (Å²) in [7, 11) is 1.52. The number of halogens is 1. The second kappa shape index (κ2) is 9.64. The lowest BCUT2D eigenvalue weighted by Gasteiger charge is -2.30. The van der Waals surface area contributed by atoms with E-state index in [1.54, 1.807) is 6.07 Å². The van der Waals surface area contributed by atoms with Crippen LogP contribution in [0.1, 0.15) is 21.6 Å². The van der Waals surface area contributed by atoms with E-state index in [1.165, 1.54) is 11.6 Å². The van der Waals surface area contributed by atoms with Crippen molar-refractivity contribution in [3.8, 4) is 17.1 Å². The number of hydrogen-bond acceptors (Lipinski definition) is 6. The lowest BCUT2D eigenvalue weighted by Crippen LogP contribution is -2.36. The number of ether oxygens (including phenoxy) is 1. The summed E-state index contributed by atoms with van der Waals surface area (Å²) in [6.07, 6.45) is 0. The third-order valence-corrected chi connectivity index (χ3v) is 6.08. The van der Waals surface area contributed by atoms with Crippen molar-refractivity contribution in [2.24, 2.45) is 7.05 Å². The molecule has 0 spiro atoms. The molecule has 0 saturated carbocycles. The second-order valence-electron chi connectivity index (χ2n) is 7.88. The smallest absolute Gasteiger partial charge is 0.296 e. The molecule has 0 bridgehead atoms. The van der Waals surface area contributed by atoms with E-state index >= 15 is 0 Å². The number of para-hydroxylation sites is 1. The molecule has 1 aromatic heterocycles. The molecule has 33 heavy (non-hydrogen) atoms. The van der Waals surface area contributed by atoms with Gasteiger partial charge in [-0.2, -0.15) is 0 Å². The van der Waals surface area contributed by atoms with Crippen molar-refractivity contribution >= 4 is 23.2 Å². The van der Waals surface area contributed by atoms with Crippen LogP contribution in [0.4, 0.5) is 5.69 Å². The summed E-state index contributed by atoms with van der Waals surface area (Å²) in [4.78, 5) is 32.2. The molecule has 1 aliphatic heterocycles. The van der Waals surface area contributed by atoms with Crippen LogP contribution in [-0.2, 0) is 18.3 Å². The van der Waals surface area contributed by atoms with Gasteiger partial charge >= 0.3 is 0 Å². The Morgan fingerprint density at radius 1 is 1.21 bits per heavy atom. The van der Waals surface area contributed by atoms with E-state index in [2.05, 4.69) is 15.2 Å². The van der Waals surface area contributed by atoms with Crippen LogP contribution in [0.15, 0.2) is 47.3 Å². The van der Waals surface area contributed by atoms with Crippen molar-refractivity contribution < 1.29 is 14.6 Å². The van der Waals surface area contributed by atoms with Gasteiger partial charge in [0.2, 0.25) is 5.75 Å². The van der Waals surface area contributed by atoms with Crippen LogP contribution in [0.3, 0.4) is 0 Å². The monoisotopic (exact) mass is 468 g/mol. The molecule has 1 saturated heterocycles. The standard InChI is InChI=1S/C24H25ClN4O4/c1-15-7-8-16(13-18(15)25)14-26-23(31)20-21(30)24(32)28(2)22(27-20)17-5-3-4-6-19(17)29-9-11-33-12-10-29/h3-8,13,30H,9-12,14H2,1-2H3,(H,26,31). The van der Waals surface area contributed by atoms with Gasteiger partial charge in [0.15, 0.2) is 5.69 Å². The van der Waals surface area contributed by atoms with Crippen LogP contribution in [-0.4, -0.2) is 46.9 Å². The van der Waals surface area contributed by atoms with Gasteiger partial charge in [-0.3, -0.25) is 14.2 Å². The molecular formula is C24H25ClN4O4. The molecule has 0 atom stereocenters. The van der Waals surface area contributed by atoms with Gasteiger partial charge in [-0.15, -0.1) is 0 Å². The van der Waals surface area contributed by atoms with Gasteiger partial charge in [0.25, 0.3) is 11.5 Å². The predicted octanol–water partition coefficient (Wildman–Crippen LogP) is 2.88. The summed E-state index contributed by atoms with van der Waals surface area (Å²) >= 11 is 6.16. The molecule has 0 unspecified atom stereocenters. The highest BCUT2D eigenvalue weighted by atomic mass is 35.5. The van der Waals surface area contributed by atoms with Crippen molar-refractivity contribution in [2.45, 2.75) is 13.5 Å². The Kier molecular flexibility index (Phi) is 6.67. The maximum atomic E-state index is 12.9. The molecule has 8 nitrogen and oxygen atoms in total. The van der Waals surface area contributed by atoms with E-state index in [9.17, 15) is 14.7 Å². The van der Waals surface area contributed by atoms with Gasteiger partial charge in [0, 0.05) is 43.0 Å². The quantitative estimate of drug-likeness (QED) is 0.597. The maximum Gasteiger partial charge on any atom is 0.296 e. The van der Waals surface area contributed by atoms with Crippen LogP contribution < -0.4 is 15.8 Å². The molecule has 4 rings (SSSR count). The van der Waals surface area contributed by atoms with Crippen molar-refractivity contribution in [2.75, 3.05) is 31.2 Å². The molecule has 1 amide bonds. The van der Waals surface area contributed by atoms with E-state index in [-0.39, 0.29) is 12.2 Å². The van der Waals surface area contributed by atoms with Crippen molar-refractivity contribution in [1.82, 2.24) is 14.9 Å². The largest absolute Gasteiger partial charge is 0.501 e. The molecular weight excluding hydrogens is 444 g/mol. The molecule has 2 heterocycles. The number of hydrogen-bond donors (Lipinski definition) is 2. The Hall–Kier alpha value is -3.36. The molecule has 2 N–H and O–H groups in total. The average Bonchev–Trinajstić information content (AvgIpc) is 2.84. The molecule has 172 valence electrons. The topological polar surface area (TPSA) is 96.7 Å². The van der Waals surface area contributed by atoms with Crippen molar-refractivity contribution in [3.63, 3.8) is 0 Å². The highest BCUT2D eigenvalue weighted by Gasteiger charge is 2.23.